The highest BCUT2D eigenvalue weighted by atomic mass is 19.1. The third-order valence-electron chi connectivity index (χ3n) is 4.62. The molecule has 1 aromatic carbocycles. The zero-order valence-corrected chi connectivity index (χ0v) is 11.3. The number of likely N-dealkylation sites (tertiary alicyclic amines) is 1. The van der Waals surface area contributed by atoms with Crippen LogP contribution in [0.3, 0.4) is 0 Å². The van der Waals surface area contributed by atoms with Crippen molar-refractivity contribution in [2.75, 3.05) is 13.1 Å². The Hall–Kier alpha value is -1.22. The van der Waals surface area contributed by atoms with Crippen LogP contribution in [0.2, 0.25) is 0 Å². The fourth-order valence-electron chi connectivity index (χ4n) is 3.61. The molecule has 3 rings (SSSR count). The second kappa shape index (κ2) is 5.04. The molecule has 1 saturated heterocycles. The standard InChI is InChI=1S/C16H20FNO/c1-11(9-18-10-12-6-7-13(18)8-12)16(19)14-4-2-3-5-15(14)17/h2-5,11-13H,6-10H2,1H3. The number of ketones is 1. The van der Waals surface area contributed by atoms with Gasteiger partial charge in [-0.2, -0.15) is 0 Å². The number of carbonyl (C=O) groups is 1. The molecule has 0 amide bonds. The summed E-state index contributed by atoms with van der Waals surface area (Å²) in [5.74, 6) is 0.236. The molecule has 2 fully saturated rings. The molecule has 1 saturated carbocycles. The summed E-state index contributed by atoms with van der Waals surface area (Å²) in [6, 6.07) is 6.96. The molecule has 1 heterocycles. The fourth-order valence-corrected chi connectivity index (χ4v) is 3.61. The van der Waals surface area contributed by atoms with E-state index in [0.717, 1.165) is 19.0 Å². The van der Waals surface area contributed by atoms with Crippen LogP contribution in [0.15, 0.2) is 24.3 Å². The maximum atomic E-state index is 13.6. The first kappa shape index (κ1) is 12.8. The highest BCUT2D eigenvalue weighted by Gasteiger charge is 2.38. The number of carbonyl (C=O) groups excluding carboxylic acids is 1. The van der Waals surface area contributed by atoms with Crippen LogP contribution in [0, 0.1) is 17.7 Å². The van der Waals surface area contributed by atoms with Crippen molar-refractivity contribution in [1.82, 2.24) is 4.90 Å². The van der Waals surface area contributed by atoms with Crippen LogP contribution in [0.4, 0.5) is 4.39 Å². The molecule has 0 aromatic heterocycles. The Balaban J connectivity index is 1.66. The van der Waals surface area contributed by atoms with Crippen LogP contribution in [-0.2, 0) is 0 Å². The minimum atomic E-state index is -0.401. The highest BCUT2D eigenvalue weighted by molar-refractivity contribution is 5.98. The van der Waals surface area contributed by atoms with E-state index in [1.54, 1.807) is 18.2 Å². The lowest BCUT2D eigenvalue weighted by molar-refractivity contribution is 0.0872. The van der Waals surface area contributed by atoms with Gasteiger partial charge in [0, 0.05) is 25.0 Å². The summed E-state index contributed by atoms with van der Waals surface area (Å²) in [6.07, 6.45) is 3.91. The van der Waals surface area contributed by atoms with Crippen molar-refractivity contribution in [2.45, 2.75) is 32.2 Å². The third-order valence-corrected chi connectivity index (χ3v) is 4.62. The first-order valence-corrected chi connectivity index (χ1v) is 7.18. The summed E-state index contributed by atoms with van der Waals surface area (Å²) < 4.78 is 13.6. The van der Waals surface area contributed by atoms with Crippen LogP contribution >= 0.6 is 0 Å². The number of benzene rings is 1. The van der Waals surface area contributed by atoms with Gasteiger partial charge in [0.25, 0.3) is 0 Å². The molecular weight excluding hydrogens is 241 g/mol. The van der Waals surface area contributed by atoms with Gasteiger partial charge in [-0.25, -0.2) is 4.39 Å². The van der Waals surface area contributed by atoms with Gasteiger partial charge in [0.05, 0.1) is 5.56 Å². The van der Waals surface area contributed by atoms with Gasteiger partial charge in [0.15, 0.2) is 5.78 Å². The molecule has 3 atom stereocenters. The van der Waals surface area contributed by atoms with E-state index in [4.69, 9.17) is 0 Å². The van der Waals surface area contributed by atoms with Gasteiger partial charge in [-0.3, -0.25) is 9.69 Å². The van der Waals surface area contributed by atoms with Crippen molar-refractivity contribution >= 4 is 5.78 Å². The predicted molar refractivity (Wildman–Crippen MR) is 72.6 cm³/mol. The number of fused-ring (bicyclic) bond motifs is 2. The summed E-state index contributed by atoms with van der Waals surface area (Å²) in [6.45, 7) is 3.81. The number of hydrogen-bond acceptors (Lipinski definition) is 2. The molecule has 102 valence electrons. The largest absolute Gasteiger partial charge is 0.299 e. The molecule has 3 heteroatoms. The monoisotopic (exact) mass is 261 g/mol. The second-order valence-corrected chi connectivity index (χ2v) is 6.03. The number of halogens is 1. The van der Waals surface area contributed by atoms with Crippen molar-refractivity contribution in [3.63, 3.8) is 0 Å². The third kappa shape index (κ3) is 2.44. The number of nitrogens with zero attached hydrogens (tertiary/aromatic N) is 1. The molecule has 19 heavy (non-hydrogen) atoms. The number of rotatable bonds is 4. The van der Waals surface area contributed by atoms with Crippen LogP contribution in [-0.4, -0.2) is 29.8 Å². The Morgan fingerprint density at radius 2 is 2.21 bits per heavy atom. The summed E-state index contributed by atoms with van der Waals surface area (Å²) in [4.78, 5) is 14.7. The van der Waals surface area contributed by atoms with Gasteiger partial charge in [-0.1, -0.05) is 19.1 Å². The lowest BCUT2D eigenvalue weighted by atomic mass is 9.97. The first-order chi connectivity index (χ1) is 9.15. The summed E-state index contributed by atoms with van der Waals surface area (Å²) in [5.41, 5.74) is 0.236. The van der Waals surface area contributed by atoms with Crippen molar-refractivity contribution in [1.29, 1.82) is 0 Å². The minimum absolute atomic E-state index is 0.0686. The van der Waals surface area contributed by atoms with Gasteiger partial charge >= 0.3 is 0 Å². The van der Waals surface area contributed by atoms with Crippen LogP contribution in [0.5, 0.6) is 0 Å². The van der Waals surface area contributed by atoms with E-state index >= 15 is 0 Å². The smallest absolute Gasteiger partial charge is 0.169 e. The second-order valence-electron chi connectivity index (χ2n) is 6.03. The molecule has 3 unspecified atom stereocenters. The zero-order valence-electron chi connectivity index (χ0n) is 11.3. The maximum absolute atomic E-state index is 13.6. The number of piperidine rings is 1. The van der Waals surface area contributed by atoms with E-state index in [2.05, 4.69) is 4.90 Å². The summed E-state index contributed by atoms with van der Waals surface area (Å²) >= 11 is 0. The van der Waals surface area contributed by atoms with Crippen molar-refractivity contribution in [2.24, 2.45) is 11.8 Å². The zero-order chi connectivity index (χ0) is 13.4. The molecule has 0 N–H and O–H groups in total. The Morgan fingerprint density at radius 3 is 2.84 bits per heavy atom. The predicted octanol–water partition coefficient (Wildman–Crippen LogP) is 3.13. The van der Waals surface area contributed by atoms with Crippen molar-refractivity contribution in [3.8, 4) is 0 Å². The molecule has 0 spiro atoms. The van der Waals surface area contributed by atoms with E-state index in [0.29, 0.717) is 6.04 Å². The molecule has 1 aliphatic carbocycles. The quantitative estimate of drug-likeness (QED) is 0.776. The molecule has 1 aromatic rings. The van der Waals surface area contributed by atoms with Crippen molar-refractivity contribution in [3.05, 3.63) is 35.6 Å². The first-order valence-electron chi connectivity index (χ1n) is 7.18. The van der Waals surface area contributed by atoms with E-state index in [9.17, 15) is 9.18 Å². The average Bonchev–Trinajstić information content (AvgIpc) is 3.00. The summed E-state index contributed by atoms with van der Waals surface area (Å²) in [5, 5.41) is 0. The molecule has 2 aliphatic rings. The fraction of sp³-hybridized carbons (Fsp3) is 0.562. The average molecular weight is 261 g/mol. The Bertz CT molecular complexity index is 487. The van der Waals surface area contributed by atoms with Gasteiger partial charge in [0.2, 0.25) is 0 Å². The topological polar surface area (TPSA) is 20.3 Å². The lowest BCUT2D eigenvalue weighted by Crippen LogP contribution is -2.37. The molecule has 0 radical (unpaired) electrons. The van der Waals surface area contributed by atoms with Gasteiger partial charge < -0.3 is 0 Å². The Morgan fingerprint density at radius 1 is 1.42 bits per heavy atom. The van der Waals surface area contributed by atoms with Crippen molar-refractivity contribution < 1.29 is 9.18 Å². The Labute approximate surface area is 113 Å². The van der Waals surface area contributed by atoms with E-state index < -0.39 is 5.82 Å². The Kier molecular flexibility index (Phi) is 3.40. The summed E-state index contributed by atoms with van der Waals surface area (Å²) in [7, 11) is 0. The lowest BCUT2D eigenvalue weighted by Gasteiger charge is -2.29. The van der Waals surface area contributed by atoms with Crippen LogP contribution in [0.1, 0.15) is 36.5 Å². The van der Waals surface area contributed by atoms with Crippen LogP contribution < -0.4 is 0 Å². The van der Waals surface area contributed by atoms with E-state index in [1.807, 2.05) is 6.92 Å². The maximum Gasteiger partial charge on any atom is 0.169 e. The molecular formula is C16H20FNO. The van der Waals surface area contributed by atoms with E-state index in [1.165, 1.54) is 25.3 Å². The minimum Gasteiger partial charge on any atom is -0.299 e. The van der Waals surface area contributed by atoms with Crippen LogP contribution in [0.25, 0.3) is 0 Å². The normalized spacial score (nSPS) is 27.7. The van der Waals surface area contributed by atoms with Gasteiger partial charge in [-0.05, 0) is 37.3 Å². The number of hydrogen-bond donors (Lipinski definition) is 0. The molecule has 2 nitrogen and oxygen atoms in total. The van der Waals surface area contributed by atoms with Gasteiger partial charge in [-0.15, -0.1) is 0 Å². The van der Waals surface area contributed by atoms with Gasteiger partial charge in [0.1, 0.15) is 5.82 Å². The molecule has 2 bridgehead atoms. The SMILES string of the molecule is CC(CN1CC2CCC1C2)C(=O)c1ccccc1F. The molecule has 1 aliphatic heterocycles. The number of Topliss-reactive ketones (excluding diaryl/α,β-unsaturated/α-hetero) is 1. The van der Waals surface area contributed by atoms with E-state index in [-0.39, 0.29) is 17.3 Å². The highest BCUT2D eigenvalue weighted by Crippen LogP contribution is 2.37.